The standard InChI is InChI=1S/C28H26N2O4/c1-3-19-10-13-22(14-11-19)29-27(31)18-34-26-17-25(20-8-6-5-7-9-20)30-24-15-12-21(16-23(24)26)28(32)33-4-2/h5-17H,3-4,18H2,1-2H3,(H,29,31). The van der Waals surface area contributed by atoms with E-state index >= 15 is 0 Å². The number of hydrogen-bond donors (Lipinski definition) is 1. The van der Waals surface area contributed by atoms with Crippen LogP contribution in [-0.2, 0) is 16.0 Å². The fourth-order valence-electron chi connectivity index (χ4n) is 3.58. The monoisotopic (exact) mass is 454 g/mol. The molecule has 0 spiro atoms. The number of ether oxygens (including phenoxy) is 2. The molecule has 4 rings (SSSR count). The van der Waals surface area contributed by atoms with Gasteiger partial charge in [0.2, 0.25) is 0 Å². The van der Waals surface area contributed by atoms with E-state index in [-0.39, 0.29) is 19.1 Å². The van der Waals surface area contributed by atoms with Crippen LogP contribution >= 0.6 is 0 Å². The number of anilines is 1. The van der Waals surface area contributed by atoms with Crippen molar-refractivity contribution in [3.05, 3.63) is 90.0 Å². The molecule has 0 aliphatic heterocycles. The van der Waals surface area contributed by atoms with Crippen LogP contribution in [0.1, 0.15) is 29.8 Å². The van der Waals surface area contributed by atoms with Crippen LogP contribution in [0, 0.1) is 0 Å². The molecular weight excluding hydrogens is 428 g/mol. The smallest absolute Gasteiger partial charge is 0.338 e. The number of nitrogens with one attached hydrogen (secondary N) is 1. The van der Waals surface area contributed by atoms with E-state index in [0.29, 0.717) is 33.6 Å². The highest BCUT2D eigenvalue weighted by atomic mass is 16.5. The summed E-state index contributed by atoms with van der Waals surface area (Å²) in [7, 11) is 0. The molecule has 0 radical (unpaired) electrons. The van der Waals surface area contributed by atoms with Gasteiger partial charge >= 0.3 is 5.97 Å². The molecule has 6 nitrogen and oxygen atoms in total. The third-order valence-electron chi connectivity index (χ3n) is 5.36. The van der Waals surface area contributed by atoms with E-state index in [2.05, 4.69) is 12.2 Å². The zero-order valence-corrected chi connectivity index (χ0v) is 19.2. The number of aromatic nitrogens is 1. The first-order valence-corrected chi connectivity index (χ1v) is 11.3. The van der Waals surface area contributed by atoms with Crippen LogP contribution in [0.4, 0.5) is 5.69 Å². The Labute approximate surface area is 198 Å². The highest BCUT2D eigenvalue weighted by molar-refractivity contribution is 5.97. The molecule has 1 amide bonds. The van der Waals surface area contributed by atoms with Gasteiger partial charge in [0.05, 0.1) is 23.4 Å². The second kappa shape index (κ2) is 10.6. The van der Waals surface area contributed by atoms with Crippen LogP contribution in [-0.4, -0.2) is 30.1 Å². The minimum absolute atomic E-state index is 0.188. The molecule has 1 aromatic heterocycles. The maximum atomic E-state index is 12.6. The van der Waals surface area contributed by atoms with Crippen molar-refractivity contribution in [1.29, 1.82) is 0 Å². The first-order valence-electron chi connectivity index (χ1n) is 11.3. The predicted octanol–water partition coefficient (Wildman–Crippen LogP) is 5.66. The van der Waals surface area contributed by atoms with Crippen molar-refractivity contribution >= 4 is 28.5 Å². The number of esters is 1. The number of fused-ring (bicyclic) bond motifs is 1. The van der Waals surface area contributed by atoms with E-state index in [1.165, 1.54) is 5.56 Å². The Morgan fingerprint density at radius 1 is 0.912 bits per heavy atom. The number of pyridine rings is 1. The molecule has 1 N–H and O–H groups in total. The van der Waals surface area contributed by atoms with E-state index in [1.807, 2.05) is 54.6 Å². The zero-order valence-electron chi connectivity index (χ0n) is 19.2. The molecule has 0 bridgehead atoms. The van der Waals surface area contributed by atoms with Crippen molar-refractivity contribution < 1.29 is 19.1 Å². The average molecular weight is 455 g/mol. The fourth-order valence-corrected chi connectivity index (χ4v) is 3.58. The topological polar surface area (TPSA) is 77.5 Å². The number of carbonyl (C=O) groups is 2. The summed E-state index contributed by atoms with van der Waals surface area (Å²) in [6.07, 6.45) is 0.935. The van der Waals surface area contributed by atoms with E-state index in [0.717, 1.165) is 12.0 Å². The van der Waals surface area contributed by atoms with Gasteiger partial charge in [0.1, 0.15) is 5.75 Å². The van der Waals surface area contributed by atoms with Crippen molar-refractivity contribution in [3.8, 4) is 17.0 Å². The minimum atomic E-state index is -0.421. The number of amides is 1. The van der Waals surface area contributed by atoms with E-state index in [1.54, 1.807) is 31.2 Å². The Balaban J connectivity index is 1.62. The maximum absolute atomic E-state index is 12.6. The lowest BCUT2D eigenvalue weighted by molar-refractivity contribution is -0.118. The molecule has 0 saturated carbocycles. The lowest BCUT2D eigenvalue weighted by Crippen LogP contribution is -2.20. The van der Waals surface area contributed by atoms with Crippen molar-refractivity contribution in [2.75, 3.05) is 18.5 Å². The molecule has 0 aliphatic carbocycles. The summed E-state index contributed by atoms with van der Waals surface area (Å²) in [5, 5.41) is 3.48. The number of benzene rings is 3. The molecule has 6 heteroatoms. The van der Waals surface area contributed by atoms with Gasteiger partial charge < -0.3 is 14.8 Å². The first kappa shape index (κ1) is 23.0. The minimum Gasteiger partial charge on any atom is -0.483 e. The Bertz CT molecular complexity index is 1300. The number of carbonyl (C=O) groups excluding carboxylic acids is 2. The largest absolute Gasteiger partial charge is 0.483 e. The van der Waals surface area contributed by atoms with Crippen LogP contribution < -0.4 is 10.1 Å². The quantitative estimate of drug-likeness (QED) is 0.348. The molecule has 4 aromatic rings. The molecule has 0 saturated heterocycles. The highest BCUT2D eigenvalue weighted by Crippen LogP contribution is 2.31. The summed E-state index contributed by atoms with van der Waals surface area (Å²) in [5.74, 6) is -0.237. The van der Waals surface area contributed by atoms with Gasteiger partial charge in [0, 0.05) is 22.7 Å². The van der Waals surface area contributed by atoms with E-state index < -0.39 is 5.97 Å². The van der Waals surface area contributed by atoms with Crippen molar-refractivity contribution in [1.82, 2.24) is 4.98 Å². The summed E-state index contributed by atoms with van der Waals surface area (Å²) in [6.45, 7) is 3.93. The maximum Gasteiger partial charge on any atom is 0.338 e. The number of hydrogen-bond acceptors (Lipinski definition) is 5. The Morgan fingerprint density at radius 3 is 2.38 bits per heavy atom. The van der Waals surface area contributed by atoms with E-state index in [4.69, 9.17) is 14.5 Å². The van der Waals surface area contributed by atoms with Crippen LogP contribution in [0.5, 0.6) is 5.75 Å². The van der Waals surface area contributed by atoms with Gasteiger partial charge in [-0.25, -0.2) is 9.78 Å². The summed E-state index contributed by atoms with van der Waals surface area (Å²) < 4.78 is 11.1. The number of rotatable bonds is 8. The highest BCUT2D eigenvalue weighted by Gasteiger charge is 2.14. The van der Waals surface area contributed by atoms with Crippen LogP contribution in [0.15, 0.2) is 78.9 Å². The molecule has 172 valence electrons. The van der Waals surface area contributed by atoms with Gasteiger partial charge in [-0.3, -0.25) is 4.79 Å². The molecule has 0 aliphatic rings. The Morgan fingerprint density at radius 2 is 1.68 bits per heavy atom. The normalized spacial score (nSPS) is 10.6. The average Bonchev–Trinajstić information content (AvgIpc) is 2.88. The molecule has 0 fully saturated rings. The zero-order chi connectivity index (χ0) is 23.9. The second-order valence-electron chi connectivity index (χ2n) is 7.71. The molecule has 34 heavy (non-hydrogen) atoms. The summed E-state index contributed by atoms with van der Waals surface area (Å²) >= 11 is 0. The molecule has 3 aromatic carbocycles. The van der Waals surface area contributed by atoms with Crippen molar-refractivity contribution in [2.24, 2.45) is 0 Å². The van der Waals surface area contributed by atoms with Gasteiger partial charge in [0.15, 0.2) is 6.61 Å². The summed E-state index contributed by atoms with van der Waals surface area (Å²) in [6, 6.07) is 24.3. The molecule has 0 unspecified atom stereocenters. The Kier molecular flexibility index (Phi) is 7.18. The van der Waals surface area contributed by atoms with E-state index in [9.17, 15) is 9.59 Å². The van der Waals surface area contributed by atoms with Gasteiger partial charge in [0.25, 0.3) is 5.91 Å². The molecule has 0 atom stereocenters. The van der Waals surface area contributed by atoms with Gasteiger partial charge in [-0.05, 0) is 49.2 Å². The SMILES string of the molecule is CCOC(=O)c1ccc2nc(-c3ccccc3)cc(OCC(=O)Nc3ccc(CC)cc3)c2c1. The van der Waals surface area contributed by atoms with Crippen molar-refractivity contribution in [2.45, 2.75) is 20.3 Å². The lowest BCUT2D eigenvalue weighted by Gasteiger charge is -2.13. The third kappa shape index (κ3) is 5.41. The van der Waals surface area contributed by atoms with Crippen LogP contribution in [0.3, 0.4) is 0 Å². The summed E-state index contributed by atoms with van der Waals surface area (Å²) in [5.41, 5.74) is 4.59. The summed E-state index contributed by atoms with van der Waals surface area (Å²) in [4.78, 5) is 29.6. The molecular formula is C28H26N2O4. The number of aryl methyl sites for hydroxylation is 1. The predicted molar refractivity (Wildman–Crippen MR) is 133 cm³/mol. The fraction of sp³-hybridized carbons (Fsp3) is 0.179. The van der Waals surface area contributed by atoms with Gasteiger partial charge in [-0.15, -0.1) is 0 Å². The van der Waals surface area contributed by atoms with Crippen molar-refractivity contribution in [3.63, 3.8) is 0 Å². The van der Waals surface area contributed by atoms with Gasteiger partial charge in [-0.2, -0.15) is 0 Å². The Hall–Kier alpha value is -4.19. The molecule has 1 heterocycles. The first-order chi connectivity index (χ1) is 16.6. The second-order valence-corrected chi connectivity index (χ2v) is 7.71. The lowest BCUT2D eigenvalue weighted by atomic mass is 10.1. The van der Waals surface area contributed by atoms with Crippen LogP contribution in [0.2, 0.25) is 0 Å². The van der Waals surface area contributed by atoms with Crippen LogP contribution in [0.25, 0.3) is 22.2 Å². The van der Waals surface area contributed by atoms with Gasteiger partial charge in [-0.1, -0.05) is 49.4 Å². The third-order valence-corrected chi connectivity index (χ3v) is 5.36. The number of nitrogens with zero attached hydrogens (tertiary/aromatic N) is 1.